The summed E-state index contributed by atoms with van der Waals surface area (Å²) in [6, 6.07) is 10.2. The summed E-state index contributed by atoms with van der Waals surface area (Å²) < 4.78 is 32.6. The van der Waals surface area contributed by atoms with E-state index < -0.39 is 40.6 Å². The molecule has 14 heteroatoms. The number of carboxylic acids is 2. The first-order valence-corrected chi connectivity index (χ1v) is 11.0. The molecule has 0 saturated carbocycles. The van der Waals surface area contributed by atoms with Gasteiger partial charge in [-0.15, -0.1) is 0 Å². The summed E-state index contributed by atoms with van der Waals surface area (Å²) in [7, 11) is -3.33. The van der Waals surface area contributed by atoms with Crippen molar-refractivity contribution in [1.82, 2.24) is 9.03 Å². The van der Waals surface area contributed by atoms with Crippen molar-refractivity contribution in [1.29, 1.82) is 0 Å². The molecular weight excluding hydrogens is 470 g/mol. The second-order valence-electron chi connectivity index (χ2n) is 6.91. The molecular formula is C20H23N5O8S. The minimum atomic E-state index is -4.30. The van der Waals surface area contributed by atoms with Crippen molar-refractivity contribution in [2.45, 2.75) is 19.0 Å². The molecule has 2 aromatic rings. The molecule has 182 valence electrons. The van der Waals surface area contributed by atoms with Crippen LogP contribution >= 0.6 is 0 Å². The number of likely N-dealkylation sites (N-methyl/N-ethyl adjacent to an activating group) is 1. The molecule has 2 aromatic carbocycles. The van der Waals surface area contributed by atoms with Crippen LogP contribution in [0, 0.1) is 0 Å². The Hall–Kier alpha value is -4.01. The Balaban J connectivity index is 1.99. The summed E-state index contributed by atoms with van der Waals surface area (Å²) in [5, 5.41) is 17.9. The van der Waals surface area contributed by atoms with Crippen molar-refractivity contribution in [3.63, 3.8) is 0 Å². The first-order valence-electron chi connectivity index (χ1n) is 9.57. The average Bonchev–Trinajstić information content (AvgIpc) is 2.76. The molecule has 0 bridgehead atoms. The molecule has 0 aliphatic carbocycles. The van der Waals surface area contributed by atoms with Gasteiger partial charge in [0, 0.05) is 13.6 Å². The van der Waals surface area contributed by atoms with Crippen LogP contribution < -0.4 is 20.9 Å². The lowest BCUT2D eigenvalue weighted by Crippen LogP contribution is -2.48. The van der Waals surface area contributed by atoms with Crippen molar-refractivity contribution in [3.05, 3.63) is 59.7 Å². The van der Waals surface area contributed by atoms with Gasteiger partial charge in [-0.25, -0.2) is 9.79 Å². The van der Waals surface area contributed by atoms with Crippen LogP contribution in [0.2, 0.25) is 0 Å². The van der Waals surface area contributed by atoms with Crippen molar-refractivity contribution in [3.8, 4) is 5.75 Å². The lowest BCUT2D eigenvalue weighted by molar-refractivity contribution is -0.147. The number of hydrogen-bond donors (Lipinski definition) is 5. The lowest BCUT2D eigenvalue weighted by atomic mass is 10.2. The number of nitrogens with zero attached hydrogens (tertiary/aromatic N) is 2. The van der Waals surface area contributed by atoms with E-state index >= 15 is 0 Å². The Morgan fingerprint density at radius 3 is 2.15 bits per heavy atom. The predicted molar refractivity (Wildman–Crippen MR) is 121 cm³/mol. The van der Waals surface area contributed by atoms with Gasteiger partial charge < -0.3 is 26.4 Å². The number of rotatable bonds is 11. The van der Waals surface area contributed by atoms with Crippen molar-refractivity contribution >= 4 is 39.8 Å². The Kier molecular flexibility index (Phi) is 8.66. The van der Waals surface area contributed by atoms with E-state index in [9.17, 15) is 22.8 Å². The van der Waals surface area contributed by atoms with Gasteiger partial charge in [-0.2, -0.15) is 17.4 Å². The molecule has 0 unspecified atom stereocenters. The summed E-state index contributed by atoms with van der Waals surface area (Å²) in [5.74, 6) is -3.60. The zero-order valence-electron chi connectivity index (χ0n) is 17.9. The van der Waals surface area contributed by atoms with Gasteiger partial charge in [0.05, 0.1) is 17.7 Å². The highest BCUT2D eigenvalue weighted by Gasteiger charge is 2.33. The molecule has 0 amide bonds. The van der Waals surface area contributed by atoms with Gasteiger partial charge in [0.1, 0.15) is 11.8 Å². The number of ether oxygens (including phenoxy) is 1. The summed E-state index contributed by atoms with van der Waals surface area (Å²) in [6.07, 6.45) is -0.899. The van der Waals surface area contributed by atoms with Gasteiger partial charge in [0.2, 0.25) is 0 Å². The smallest absolute Gasteiger partial charge is 0.343 e. The molecule has 0 aliphatic rings. The fourth-order valence-corrected chi connectivity index (χ4v) is 3.70. The van der Waals surface area contributed by atoms with E-state index in [0.717, 1.165) is 7.05 Å². The number of guanidine groups is 1. The van der Waals surface area contributed by atoms with Gasteiger partial charge in [-0.3, -0.25) is 9.59 Å². The third-order valence-electron chi connectivity index (χ3n) is 4.42. The molecule has 0 heterocycles. The number of carboxylic acid groups (broad SMARTS) is 2. The van der Waals surface area contributed by atoms with Crippen LogP contribution in [0.5, 0.6) is 5.75 Å². The number of nitrogens with one attached hydrogen (secondary N) is 1. The number of aliphatic imine (C=N–C) groups is 1. The summed E-state index contributed by atoms with van der Waals surface area (Å²) in [5.41, 5.74) is 11.8. The number of carbonyl (C=O) groups is 3. The lowest BCUT2D eigenvalue weighted by Gasteiger charge is -2.23. The summed E-state index contributed by atoms with van der Waals surface area (Å²) in [6.45, 7) is -0.216. The molecule has 1 atom stereocenters. The third kappa shape index (κ3) is 7.54. The maximum atomic E-state index is 12.4. The van der Waals surface area contributed by atoms with E-state index in [1.807, 2.05) is 0 Å². The quantitative estimate of drug-likeness (QED) is 0.122. The van der Waals surface area contributed by atoms with Gasteiger partial charge in [0.25, 0.3) is 10.2 Å². The number of aliphatic carboxylic acids is 2. The number of benzene rings is 2. The van der Waals surface area contributed by atoms with Crippen LogP contribution in [-0.2, 0) is 26.3 Å². The molecule has 0 saturated heterocycles. The Labute approximate surface area is 194 Å². The highest BCUT2D eigenvalue weighted by molar-refractivity contribution is 7.87. The van der Waals surface area contributed by atoms with Gasteiger partial charge in [-0.1, -0.05) is 12.1 Å². The average molecular weight is 493 g/mol. The van der Waals surface area contributed by atoms with Gasteiger partial charge in [-0.05, 0) is 42.0 Å². The number of nitrogens with two attached hydrogens (primary N) is 2. The maximum Gasteiger partial charge on any atom is 0.343 e. The van der Waals surface area contributed by atoms with E-state index in [1.165, 1.54) is 48.5 Å². The monoisotopic (exact) mass is 493 g/mol. The Morgan fingerprint density at radius 2 is 1.65 bits per heavy atom. The van der Waals surface area contributed by atoms with Crippen LogP contribution in [0.25, 0.3) is 0 Å². The number of esters is 1. The van der Waals surface area contributed by atoms with Crippen LogP contribution in [0.4, 0.5) is 5.69 Å². The molecule has 0 aliphatic heterocycles. The minimum Gasteiger partial charge on any atom is -0.481 e. The highest BCUT2D eigenvalue weighted by atomic mass is 32.2. The van der Waals surface area contributed by atoms with Gasteiger partial charge >= 0.3 is 17.9 Å². The zero-order chi connectivity index (χ0) is 25.5. The standard InChI is InChI=1S/C20H23N5O8S/c1-25(16(18(28)29)10-17(26)27)34(31,32)23-11-12-2-8-15(9-3-12)33-19(30)13-4-6-14(7-5-13)24-20(21)22/h2-9,16,23H,10-11H2,1H3,(H,26,27)(H,28,29)(H4,21,22,24)/t16-/m0/s1. The normalized spacial score (nSPS) is 12.1. The van der Waals surface area contributed by atoms with E-state index in [1.54, 1.807) is 0 Å². The fourth-order valence-electron chi connectivity index (χ4n) is 2.64. The predicted octanol–water partition coefficient (Wildman–Crippen LogP) is 0.00480. The van der Waals surface area contributed by atoms with Crippen LogP contribution in [0.3, 0.4) is 0 Å². The third-order valence-corrected chi connectivity index (χ3v) is 5.95. The number of hydrogen-bond acceptors (Lipinski definition) is 7. The van der Waals surface area contributed by atoms with E-state index in [-0.39, 0.29) is 23.8 Å². The molecule has 34 heavy (non-hydrogen) atoms. The summed E-state index contributed by atoms with van der Waals surface area (Å²) >= 11 is 0. The van der Waals surface area contributed by atoms with E-state index in [4.69, 9.17) is 26.4 Å². The Morgan fingerprint density at radius 1 is 1.06 bits per heavy atom. The Bertz CT molecular complexity index is 1180. The van der Waals surface area contributed by atoms with Crippen molar-refractivity contribution < 1.29 is 37.8 Å². The van der Waals surface area contributed by atoms with Crippen LogP contribution in [-0.4, -0.2) is 59.9 Å². The molecule has 13 nitrogen and oxygen atoms in total. The van der Waals surface area contributed by atoms with E-state index in [2.05, 4.69) is 9.71 Å². The van der Waals surface area contributed by atoms with Crippen molar-refractivity contribution in [2.75, 3.05) is 7.05 Å². The molecule has 0 radical (unpaired) electrons. The van der Waals surface area contributed by atoms with E-state index in [0.29, 0.717) is 15.6 Å². The van der Waals surface area contributed by atoms with Crippen LogP contribution in [0.1, 0.15) is 22.3 Å². The highest BCUT2D eigenvalue weighted by Crippen LogP contribution is 2.17. The second-order valence-corrected chi connectivity index (χ2v) is 8.73. The zero-order valence-corrected chi connectivity index (χ0v) is 18.7. The molecule has 0 spiro atoms. The van der Waals surface area contributed by atoms with Gasteiger partial charge in [0.15, 0.2) is 5.96 Å². The number of carbonyl (C=O) groups excluding carboxylic acids is 1. The topological polar surface area (TPSA) is 215 Å². The first-order chi connectivity index (χ1) is 15.9. The van der Waals surface area contributed by atoms with Crippen molar-refractivity contribution in [2.24, 2.45) is 16.5 Å². The second kappa shape index (κ2) is 11.2. The molecule has 0 fully saturated rings. The molecule has 0 aromatic heterocycles. The largest absolute Gasteiger partial charge is 0.481 e. The summed E-state index contributed by atoms with van der Waals surface area (Å²) in [4.78, 5) is 38.2. The SMILES string of the molecule is CN([C@@H](CC(=O)O)C(=O)O)S(=O)(=O)NCc1ccc(OC(=O)c2ccc(N=C(N)N)cc2)cc1. The van der Waals surface area contributed by atoms with Crippen LogP contribution in [0.15, 0.2) is 53.5 Å². The maximum absolute atomic E-state index is 12.4. The molecule has 2 rings (SSSR count). The minimum absolute atomic E-state index is 0.119. The fraction of sp³-hybridized carbons (Fsp3) is 0.200. The molecule has 7 N–H and O–H groups in total. The first kappa shape index (κ1) is 26.2.